The molecule has 3 N–H and O–H groups in total. The molecule has 0 unspecified atom stereocenters. The minimum Gasteiger partial charge on any atom is -0.459 e. The number of sulfonamides is 1. The van der Waals surface area contributed by atoms with Crippen LogP contribution in [0.5, 0.6) is 0 Å². The van der Waals surface area contributed by atoms with Crippen LogP contribution in [0.4, 0.5) is 0 Å². The van der Waals surface area contributed by atoms with Crippen molar-refractivity contribution in [2.24, 2.45) is 4.99 Å². The number of nitrogens with zero attached hydrogens (tertiary/aromatic N) is 1. The number of guanidine groups is 1. The van der Waals surface area contributed by atoms with E-state index in [1.54, 1.807) is 19.2 Å². The van der Waals surface area contributed by atoms with E-state index in [2.05, 4.69) is 26.4 Å². The number of halogens is 1. The van der Waals surface area contributed by atoms with E-state index in [4.69, 9.17) is 4.42 Å². The van der Waals surface area contributed by atoms with Crippen molar-refractivity contribution in [3.05, 3.63) is 65.4 Å². The van der Waals surface area contributed by atoms with Gasteiger partial charge in [0.15, 0.2) is 5.96 Å². The van der Waals surface area contributed by atoms with E-state index in [0.29, 0.717) is 23.9 Å². The van der Waals surface area contributed by atoms with E-state index < -0.39 is 10.0 Å². The minimum atomic E-state index is -3.42. The zero-order valence-electron chi connectivity index (χ0n) is 17.5. The largest absolute Gasteiger partial charge is 0.459 e. The first kappa shape index (κ1) is 23.6. The van der Waals surface area contributed by atoms with Crippen LogP contribution in [0, 0.1) is 6.92 Å². The van der Waals surface area contributed by atoms with E-state index in [0.717, 1.165) is 40.7 Å². The zero-order valence-corrected chi connectivity index (χ0v) is 20.7. The van der Waals surface area contributed by atoms with Gasteiger partial charge >= 0.3 is 0 Å². The fourth-order valence-corrected chi connectivity index (χ4v) is 4.54. The lowest BCUT2D eigenvalue weighted by atomic mass is 10.1. The number of aliphatic imine (C=N–C) groups is 1. The lowest BCUT2D eigenvalue weighted by molar-refractivity contribution is 0.534. The van der Waals surface area contributed by atoms with Gasteiger partial charge in [-0.2, -0.15) is 0 Å². The lowest BCUT2D eigenvalue weighted by Crippen LogP contribution is -2.36. The molecule has 7 nitrogen and oxygen atoms in total. The minimum absolute atomic E-state index is 0. The molecule has 0 spiro atoms. The Balaban J connectivity index is 0.00000272. The number of nitrogens with one attached hydrogen (secondary N) is 3. The summed E-state index contributed by atoms with van der Waals surface area (Å²) in [6.45, 7) is 3.09. The molecule has 0 amide bonds. The van der Waals surface area contributed by atoms with E-state index in [-0.39, 0.29) is 30.0 Å². The standard InChI is InChI=1S/C22H26N4O3S.HI/c1-15-19-5-3-4-6-20(19)29-21(15)14-25-22(23-2)24-13-16-7-11-18(12-8-16)30(27,28)26-17-9-10-17;/h3-8,11-12,17,26H,9-10,13-14H2,1-2H3,(H2,23,24,25);1H. The molecule has 0 saturated heterocycles. The molecular formula is C22H27IN4O3S. The molecule has 4 rings (SSSR count). The summed E-state index contributed by atoms with van der Waals surface area (Å²) in [6.07, 6.45) is 1.84. The van der Waals surface area contributed by atoms with Gasteiger partial charge in [-0.3, -0.25) is 4.99 Å². The van der Waals surface area contributed by atoms with Crippen LogP contribution in [0.25, 0.3) is 11.0 Å². The molecule has 0 atom stereocenters. The maximum absolute atomic E-state index is 12.3. The second-order valence-corrected chi connectivity index (χ2v) is 9.18. The Morgan fingerprint density at radius 2 is 1.74 bits per heavy atom. The van der Waals surface area contributed by atoms with E-state index in [9.17, 15) is 8.42 Å². The highest BCUT2D eigenvalue weighted by atomic mass is 127. The summed E-state index contributed by atoms with van der Waals surface area (Å²) in [7, 11) is -1.71. The van der Waals surface area contributed by atoms with E-state index >= 15 is 0 Å². The average Bonchev–Trinajstić information content (AvgIpc) is 3.50. The van der Waals surface area contributed by atoms with Crippen molar-refractivity contribution < 1.29 is 12.8 Å². The number of hydrogen-bond acceptors (Lipinski definition) is 4. The first-order valence-corrected chi connectivity index (χ1v) is 11.5. The molecule has 1 fully saturated rings. The van der Waals surface area contributed by atoms with Crippen molar-refractivity contribution >= 4 is 50.9 Å². The summed E-state index contributed by atoms with van der Waals surface area (Å²) in [5.74, 6) is 1.51. The molecule has 166 valence electrons. The fourth-order valence-electron chi connectivity index (χ4n) is 3.24. The number of para-hydroxylation sites is 1. The third-order valence-corrected chi connectivity index (χ3v) is 6.71. The highest BCUT2D eigenvalue weighted by Crippen LogP contribution is 2.24. The second kappa shape index (κ2) is 10.0. The van der Waals surface area contributed by atoms with Crippen molar-refractivity contribution in [3.8, 4) is 0 Å². The van der Waals surface area contributed by atoms with Gasteiger partial charge in [-0.05, 0) is 43.5 Å². The van der Waals surface area contributed by atoms with Crippen molar-refractivity contribution in [2.45, 2.75) is 43.8 Å². The first-order valence-electron chi connectivity index (χ1n) is 9.99. The van der Waals surface area contributed by atoms with Gasteiger partial charge in [0.1, 0.15) is 11.3 Å². The maximum atomic E-state index is 12.3. The van der Waals surface area contributed by atoms with Crippen LogP contribution < -0.4 is 15.4 Å². The molecule has 1 aromatic heterocycles. The summed E-state index contributed by atoms with van der Waals surface area (Å²) in [6, 6.07) is 15.0. The van der Waals surface area contributed by atoms with E-state index in [1.165, 1.54) is 0 Å². The van der Waals surface area contributed by atoms with Gasteiger partial charge in [-0.25, -0.2) is 13.1 Å². The molecular weight excluding hydrogens is 527 g/mol. The van der Waals surface area contributed by atoms with Crippen molar-refractivity contribution in [2.75, 3.05) is 7.05 Å². The van der Waals surface area contributed by atoms with Gasteiger partial charge in [-0.15, -0.1) is 24.0 Å². The number of aryl methyl sites for hydroxylation is 1. The highest BCUT2D eigenvalue weighted by Gasteiger charge is 2.27. The second-order valence-electron chi connectivity index (χ2n) is 7.47. The van der Waals surface area contributed by atoms with Crippen LogP contribution in [0.15, 0.2) is 62.8 Å². The van der Waals surface area contributed by atoms with Crippen LogP contribution in [0.1, 0.15) is 29.7 Å². The Labute approximate surface area is 199 Å². The van der Waals surface area contributed by atoms with Crippen molar-refractivity contribution in [3.63, 3.8) is 0 Å². The summed E-state index contributed by atoms with van der Waals surface area (Å²) in [4.78, 5) is 4.54. The quantitative estimate of drug-likeness (QED) is 0.236. The normalized spacial score (nSPS) is 14.3. The summed E-state index contributed by atoms with van der Waals surface area (Å²) in [5.41, 5.74) is 2.95. The molecule has 3 aromatic rings. The van der Waals surface area contributed by atoms with Crippen molar-refractivity contribution in [1.29, 1.82) is 0 Å². The molecule has 0 bridgehead atoms. The SMILES string of the molecule is CN=C(NCc1ccc(S(=O)(=O)NC2CC2)cc1)NCc1oc2ccccc2c1C.I. The molecule has 1 saturated carbocycles. The molecule has 31 heavy (non-hydrogen) atoms. The number of rotatable bonds is 7. The van der Waals surface area contributed by atoms with Gasteiger partial charge in [0.05, 0.1) is 11.4 Å². The van der Waals surface area contributed by atoms with Crippen LogP contribution in [0.3, 0.4) is 0 Å². The average molecular weight is 554 g/mol. The molecule has 1 heterocycles. The third-order valence-electron chi connectivity index (χ3n) is 5.18. The summed E-state index contributed by atoms with van der Waals surface area (Å²) in [5, 5.41) is 7.62. The van der Waals surface area contributed by atoms with Gasteiger partial charge in [-0.1, -0.05) is 30.3 Å². The number of furan rings is 1. The molecule has 0 radical (unpaired) electrons. The number of hydrogen-bond donors (Lipinski definition) is 3. The Bertz CT molecular complexity index is 1170. The zero-order chi connectivity index (χ0) is 21.1. The van der Waals surface area contributed by atoms with Crippen LogP contribution >= 0.6 is 24.0 Å². The Morgan fingerprint density at radius 3 is 2.39 bits per heavy atom. The molecule has 0 aliphatic heterocycles. The van der Waals surface area contributed by atoms with Gasteiger partial charge in [0, 0.05) is 30.6 Å². The highest BCUT2D eigenvalue weighted by molar-refractivity contribution is 14.0. The van der Waals surface area contributed by atoms with Crippen LogP contribution in [-0.4, -0.2) is 27.5 Å². The summed E-state index contributed by atoms with van der Waals surface area (Å²) < 4.78 is 33.1. The number of fused-ring (bicyclic) bond motifs is 1. The molecule has 1 aliphatic rings. The molecule has 1 aliphatic carbocycles. The Hall–Kier alpha value is -2.11. The van der Waals surface area contributed by atoms with Crippen LogP contribution in [0.2, 0.25) is 0 Å². The molecule has 2 aromatic carbocycles. The fraction of sp³-hybridized carbons (Fsp3) is 0.318. The molecule has 9 heteroatoms. The van der Waals surface area contributed by atoms with Gasteiger partial charge in [0.25, 0.3) is 0 Å². The van der Waals surface area contributed by atoms with E-state index in [1.807, 2.05) is 37.3 Å². The predicted molar refractivity (Wildman–Crippen MR) is 133 cm³/mol. The lowest BCUT2D eigenvalue weighted by Gasteiger charge is -2.12. The first-order chi connectivity index (χ1) is 14.5. The smallest absolute Gasteiger partial charge is 0.240 e. The van der Waals surface area contributed by atoms with Crippen molar-refractivity contribution in [1.82, 2.24) is 15.4 Å². The number of benzene rings is 2. The van der Waals surface area contributed by atoms with Gasteiger partial charge < -0.3 is 15.1 Å². The monoisotopic (exact) mass is 554 g/mol. The van der Waals surface area contributed by atoms with Gasteiger partial charge in [0.2, 0.25) is 10.0 Å². The maximum Gasteiger partial charge on any atom is 0.240 e. The Kier molecular flexibility index (Phi) is 7.60. The summed E-state index contributed by atoms with van der Waals surface area (Å²) >= 11 is 0. The Morgan fingerprint density at radius 1 is 1.06 bits per heavy atom. The van der Waals surface area contributed by atoms with Crippen LogP contribution in [-0.2, 0) is 23.1 Å². The topological polar surface area (TPSA) is 95.7 Å². The third kappa shape index (κ3) is 5.78. The predicted octanol–water partition coefficient (Wildman–Crippen LogP) is 3.67.